The van der Waals surface area contributed by atoms with Crippen LogP contribution in [-0.4, -0.2) is 18.3 Å². The summed E-state index contributed by atoms with van der Waals surface area (Å²) in [7, 11) is 0. The molecule has 0 aromatic heterocycles. The first kappa shape index (κ1) is 11.0. The molecule has 3 N–H and O–H groups in total. The van der Waals surface area contributed by atoms with E-state index in [1.54, 1.807) is 0 Å². The molecule has 1 saturated carbocycles. The summed E-state index contributed by atoms with van der Waals surface area (Å²) < 4.78 is 0. The van der Waals surface area contributed by atoms with E-state index in [0.717, 1.165) is 6.42 Å². The Kier molecular flexibility index (Phi) is 3.36. The van der Waals surface area contributed by atoms with Gasteiger partial charge in [-0.25, -0.2) is 0 Å². The first-order valence-corrected chi connectivity index (χ1v) is 5.45. The summed E-state index contributed by atoms with van der Waals surface area (Å²) in [6, 6.07) is 0. The molecular formula is C11H23NO. The Morgan fingerprint density at radius 1 is 1.38 bits per heavy atom. The van der Waals surface area contributed by atoms with Gasteiger partial charge in [-0.2, -0.15) is 0 Å². The summed E-state index contributed by atoms with van der Waals surface area (Å²) in [5.41, 5.74) is 6.11. The van der Waals surface area contributed by atoms with Crippen molar-refractivity contribution < 1.29 is 5.11 Å². The SMILES string of the molecule is CCCCCC1(C)CC1(CN)CO. The van der Waals surface area contributed by atoms with Gasteiger partial charge in [0, 0.05) is 12.0 Å². The third-order valence-electron chi connectivity index (χ3n) is 3.91. The normalized spacial score (nSPS) is 37.8. The van der Waals surface area contributed by atoms with Gasteiger partial charge in [0.1, 0.15) is 0 Å². The van der Waals surface area contributed by atoms with Gasteiger partial charge in [-0.3, -0.25) is 0 Å². The molecule has 1 aliphatic rings. The second-order valence-corrected chi connectivity index (χ2v) is 4.84. The minimum atomic E-state index is 0.0702. The quantitative estimate of drug-likeness (QED) is 0.621. The number of nitrogens with two attached hydrogens (primary N) is 1. The Morgan fingerprint density at radius 2 is 2.08 bits per heavy atom. The lowest BCUT2D eigenvalue weighted by atomic mass is 9.90. The zero-order valence-electron chi connectivity index (χ0n) is 8.97. The topological polar surface area (TPSA) is 46.2 Å². The van der Waals surface area contributed by atoms with Gasteiger partial charge in [-0.05, 0) is 18.3 Å². The molecule has 2 nitrogen and oxygen atoms in total. The highest BCUT2D eigenvalue weighted by Crippen LogP contribution is 2.65. The molecule has 0 amide bonds. The Hall–Kier alpha value is -0.0800. The van der Waals surface area contributed by atoms with Crippen LogP contribution < -0.4 is 5.73 Å². The van der Waals surface area contributed by atoms with Crippen LogP contribution in [0.4, 0.5) is 0 Å². The van der Waals surface area contributed by atoms with Crippen molar-refractivity contribution in [3.05, 3.63) is 0 Å². The molecule has 2 unspecified atom stereocenters. The highest BCUT2D eigenvalue weighted by atomic mass is 16.3. The van der Waals surface area contributed by atoms with Gasteiger partial charge in [-0.15, -0.1) is 0 Å². The first-order valence-electron chi connectivity index (χ1n) is 5.45. The molecule has 2 atom stereocenters. The van der Waals surface area contributed by atoms with E-state index in [1.807, 2.05) is 0 Å². The fourth-order valence-electron chi connectivity index (χ4n) is 2.45. The number of rotatable bonds is 6. The van der Waals surface area contributed by atoms with E-state index in [4.69, 9.17) is 5.73 Å². The number of aliphatic hydroxyl groups is 1. The number of hydrogen-bond donors (Lipinski definition) is 2. The maximum absolute atomic E-state index is 9.27. The molecule has 0 radical (unpaired) electrons. The van der Waals surface area contributed by atoms with Gasteiger partial charge in [0.05, 0.1) is 6.61 Å². The van der Waals surface area contributed by atoms with Crippen molar-refractivity contribution in [2.45, 2.75) is 46.0 Å². The minimum Gasteiger partial charge on any atom is -0.396 e. The Balaban J connectivity index is 2.34. The van der Waals surface area contributed by atoms with E-state index >= 15 is 0 Å². The predicted octanol–water partition coefficient (Wildman–Crippen LogP) is 1.91. The summed E-state index contributed by atoms with van der Waals surface area (Å²) >= 11 is 0. The first-order chi connectivity index (χ1) is 6.14. The molecule has 0 spiro atoms. The molecule has 78 valence electrons. The summed E-state index contributed by atoms with van der Waals surface area (Å²) in [6.07, 6.45) is 6.22. The predicted molar refractivity (Wildman–Crippen MR) is 55.4 cm³/mol. The van der Waals surface area contributed by atoms with Crippen molar-refractivity contribution in [3.63, 3.8) is 0 Å². The Labute approximate surface area is 81.5 Å². The Bertz CT molecular complexity index is 165. The lowest BCUT2D eigenvalue weighted by molar-refractivity contribution is 0.175. The lowest BCUT2D eigenvalue weighted by Gasteiger charge is -2.18. The van der Waals surface area contributed by atoms with Crippen molar-refractivity contribution in [3.8, 4) is 0 Å². The van der Waals surface area contributed by atoms with Crippen LogP contribution in [0.2, 0.25) is 0 Å². The van der Waals surface area contributed by atoms with Crippen LogP contribution in [0.15, 0.2) is 0 Å². The molecule has 2 heteroatoms. The van der Waals surface area contributed by atoms with Crippen LogP contribution in [0, 0.1) is 10.8 Å². The molecule has 1 fully saturated rings. The van der Waals surface area contributed by atoms with Crippen molar-refractivity contribution >= 4 is 0 Å². The van der Waals surface area contributed by atoms with Gasteiger partial charge in [0.15, 0.2) is 0 Å². The molecule has 1 aliphatic carbocycles. The van der Waals surface area contributed by atoms with Crippen LogP contribution in [-0.2, 0) is 0 Å². The van der Waals surface area contributed by atoms with Crippen LogP contribution in [0.5, 0.6) is 0 Å². The zero-order chi connectivity index (χ0) is 9.95. The molecule has 1 rings (SSSR count). The van der Waals surface area contributed by atoms with Gasteiger partial charge in [0.25, 0.3) is 0 Å². The standard InChI is InChI=1S/C11H23NO/c1-3-4-5-6-10(2)7-11(10,8-12)9-13/h13H,3-9,12H2,1-2H3. The van der Waals surface area contributed by atoms with Crippen LogP contribution in [0.1, 0.15) is 46.0 Å². The molecular weight excluding hydrogens is 162 g/mol. The fraction of sp³-hybridized carbons (Fsp3) is 1.00. The molecule has 0 heterocycles. The largest absolute Gasteiger partial charge is 0.396 e. The fourth-order valence-corrected chi connectivity index (χ4v) is 2.45. The summed E-state index contributed by atoms with van der Waals surface area (Å²) in [6.45, 7) is 5.40. The van der Waals surface area contributed by atoms with Gasteiger partial charge >= 0.3 is 0 Å². The highest BCUT2D eigenvalue weighted by Gasteiger charge is 2.61. The maximum atomic E-state index is 9.27. The molecule has 0 bridgehead atoms. The molecule has 0 aliphatic heterocycles. The van der Waals surface area contributed by atoms with E-state index in [-0.39, 0.29) is 12.0 Å². The molecule has 0 saturated heterocycles. The second-order valence-electron chi connectivity index (χ2n) is 4.84. The third-order valence-corrected chi connectivity index (χ3v) is 3.91. The summed E-state index contributed by atoms with van der Waals surface area (Å²) in [4.78, 5) is 0. The van der Waals surface area contributed by atoms with Crippen molar-refractivity contribution in [1.82, 2.24) is 0 Å². The third kappa shape index (κ3) is 1.89. The van der Waals surface area contributed by atoms with Crippen LogP contribution in [0.25, 0.3) is 0 Å². The van der Waals surface area contributed by atoms with Gasteiger partial charge in [-0.1, -0.05) is 33.1 Å². The van der Waals surface area contributed by atoms with E-state index in [9.17, 15) is 5.11 Å². The monoisotopic (exact) mass is 185 g/mol. The average Bonchev–Trinajstić information content (AvgIpc) is 2.73. The smallest absolute Gasteiger partial charge is 0.0504 e. The summed E-state index contributed by atoms with van der Waals surface area (Å²) in [5.74, 6) is 0. The van der Waals surface area contributed by atoms with Crippen LogP contribution in [0.3, 0.4) is 0 Å². The maximum Gasteiger partial charge on any atom is 0.0504 e. The van der Waals surface area contributed by atoms with Gasteiger partial charge in [0.2, 0.25) is 0 Å². The number of unbranched alkanes of at least 4 members (excludes halogenated alkanes) is 2. The highest BCUT2D eigenvalue weighted by molar-refractivity contribution is 5.12. The van der Waals surface area contributed by atoms with Crippen molar-refractivity contribution in [2.75, 3.05) is 13.2 Å². The molecule has 0 aromatic rings. The second kappa shape index (κ2) is 3.97. The lowest BCUT2D eigenvalue weighted by Crippen LogP contribution is -2.25. The molecule has 0 aromatic carbocycles. The number of aliphatic hydroxyl groups excluding tert-OH is 1. The Morgan fingerprint density at radius 3 is 2.46 bits per heavy atom. The molecule has 13 heavy (non-hydrogen) atoms. The van der Waals surface area contributed by atoms with Crippen LogP contribution >= 0.6 is 0 Å². The van der Waals surface area contributed by atoms with Crippen molar-refractivity contribution in [1.29, 1.82) is 0 Å². The van der Waals surface area contributed by atoms with E-state index in [2.05, 4.69) is 13.8 Å². The summed E-state index contributed by atoms with van der Waals surface area (Å²) in [5, 5.41) is 9.27. The average molecular weight is 185 g/mol. The zero-order valence-corrected chi connectivity index (χ0v) is 8.97. The van der Waals surface area contributed by atoms with E-state index in [0.29, 0.717) is 12.0 Å². The number of hydrogen-bond acceptors (Lipinski definition) is 2. The van der Waals surface area contributed by atoms with Crippen molar-refractivity contribution in [2.24, 2.45) is 16.6 Å². The van der Waals surface area contributed by atoms with E-state index < -0.39 is 0 Å². The van der Waals surface area contributed by atoms with Gasteiger partial charge < -0.3 is 10.8 Å². The minimum absolute atomic E-state index is 0.0702. The van der Waals surface area contributed by atoms with E-state index in [1.165, 1.54) is 25.7 Å².